The number of ether oxygens (including phenoxy) is 1. The van der Waals surface area contributed by atoms with E-state index in [-0.39, 0.29) is 11.8 Å². The van der Waals surface area contributed by atoms with Crippen molar-refractivity contribution in [3.8, 4) is 5.75 Å². The Hall–Kier alpha value is -1.07. The van der Waals surface area contributed by atoms with Crippen molar-refractivity contribution in [3.05, 3.63) is 29.3 Å². The molecule has 0 amide bonds. The number of benzene rings is 1. The number of fused-ring (bicyclic) bond motifs is 1. The first kappa shape index (κ1) is 12.9. The summed E-state index contributed by atoms with van der Waals surface area (Å²) in [6.07, 6.45) is 2.70. The first-order chi connectivity index (χ1) is 9.12. The third-order valence-electron chi connectivity index (χ3n) is 3.81. The summed E-state index contributed by atoms with van der Waals surface area (Å²) in [6.45, 7) is 1.50. The fourth-order valence-corrected chi connectivity index (χ4v) is 4.47. The summed E-state index contributed by atoms with van der Waals surface area (Å²) in [6, 6.07) is 6.32. The van der Waals surface area contributed by atoms with E-state index in [4.69, 9.17) is 4.74 Å². The normalized spacial score (nSPS) is 24.7. The van der Waals surface area contributed by atoms with Gasteiger partial charge in [0.25, 0.3) is 0 Å². The molecule has 0 saturated carbocycles. The van der Waals surface area contributed by atoms with E-state index >= 15 is 0 Å². The van der Waals surface area contributed by atoms with Gasteiger partial charge in [-0.25, -0.2) is 8.42 Å². The second-order valence-electron chi connectivity index (χ2n) is 5.37. The van der Waals surface area contributed by atoms with Gasteiger partial charge in [-0.05, 0) is 30.0 Å². The van der Waals surface area contributed by atoms with Crippen LogP contribution in [0.15, 0.2) is 18.2 Å². The number of rotatable bonds is 3. The quantitative estimate of drug-likeness (QED) is 0.907. The van der Waals surface area contributed by atoms with Gasteiger partial charge >= 0.3 is 0 Å². The molecule has 1 aromatic rings. The monoisotopic (exact) mass is 281 g/mol. The van der Waals surface area contributed by atoms with Gasteiger partial charge in [-0.1, -0.05) is 12.1 Å². The Morgan fingerprint density at radius 3 is 3.11 bits per heavy atom. The zero-order valence-corrected chi connectivity index (χ0v) is 11.7. The Morgan fingerprint density at radius 2 is 2.26 bits per heavy atom. The second-order valence-corrected chi connectivity index (χ2v) is 7.60. The zero-order chi connectivity index (χ0) is 13.3. The van der Waals surface area contributed by atoms with Crippen molar-refractivity contribution in [2.24, 2.45) is 0 Å². The second kappa shape index (κ2) is 5.13. The van der Waals surface area contributed by atoms with Crippen molar-refractivity contribution < 1.29 is 13.2 Å². The Bertz CT molecular complexity index is 568. The maximum atomic E-state index is 11.6. The van der Waals surface area contributed by atoms with E-state index < -0.39 is 9.84 Å². The molecule has 2 aliphatic rings. The molecule has 1 atom stereocenters. The minimum absolute atomic E-state index is 0.100. The van der Waals surface area contributed by atoms with Crippen molar-refractivity contribution in [1.82, 2.24) is 5.32 Å². The van der Waals surface area contributed by atoms with E-state index in [2.05, 4.69) is 17.4 Å². The summed E-state index contributed by atoms with van der Waals surface area (Å²) in [4.78, 5) is 0. The minimum Gasteiger partial charge on any atom is -0.493 e. The molecule has 1 saturated heterocycles. The van der Waals surface area contributed by atoms with E-state index in [1.54, 1.807) is 0 Å². The van der Waals surface area contributed by atoms with Crippen LogP contribution in [0.3, 0.4) is 0 Å². The molecular weight excluding hydrogens is 262 g/mol. The summed E-state index contributed by atoms with van der Waals surface area (Å²) < 4.78 is 28.6. The standard InChI is InChI=1S/C14H19NO3S/c16-19(17)7-1-2-13(10-19)15-9-11-3-4-14-12(8-11)5-6-18-14/h3-4,8,13,15H,1-2,5-7,9-10H2. The third kappa shape index (κ3) is 3.09. The van der Waals surface area contributed by atoms with Gasteiger partial charge in [0.15, 0.2) is 9.84 Å². The minimum atomic E-state index is -2.83. The molecule has 104 valence electrons. The molecule has 1 aromatic carbocycles. The maximum absolute atomic E-state index is 11.6. The molecule has 0 aliphatic carbocycles. The Labute approximate surface area is 114 Å². The van der Waals surface area contributed by atoms with Crippen LogP contribution in [0.4, 0.5) is 0 Å². The van der Waals surface area contributed by atoms with Crippen LogP contribution in [0.2, 0.25) is 0 Å². The van der Waals surface area contributed by atoms with Gasteiger partial charge < -0.3 is 10.1 Å². The smallest absolute Gasteiger partial charge is 0.151 e. The molecular formula is C14H19NO3S. The van der Waals surface area contributed by atoms with Gasteiger partial charge in [-0.2, -0.15) is 0 Å². The van der Waals surface area contributed by atoms with Crippen LogP contribution in [0.1, 0.15) is 24.0 Å². The lowest BCUT2D eigenvalue weighted by Gasteiger charge is -2.23. The van der Waals surface area contributed by atoms with E-state index in [1.165, 1.54) is 11.1 Å². The van der Waals surface area contributed by atoms with Gasteiger partial charge in [0.05, 0.1) is 18.1 Å². The molecule has 5 heteroatoms. The highest BCUT2D eigenvalue weighted by molar-refractivity contribution is 7.91. The number of hydrogen-bond donors (Lipinski definition) is 1. The van der Waals surface area contributed by atoms with Crippen LogP contribution in [-0.4, -0.2) is 32.6 Å². The first-order valence-corrected chi connectivity index (χ1v) is 8.63. The summed E-state index contributed by atoms with van der Waals surface area (Å²) in [5.41, 5.74) is 2.46. The lowest BCUT2D eigenvalue weighted by molar-refractivity contribution is 0.357. The molecule has 4 nitrogen and oxygen atoms in total. The third-order valence-corrected chi connectivity index (χ3v) is 5.63. The maximum Gasteiger partial charge on any atom is 0.151 e. The molecule has 2 heterocycles. The fraction of sp³-hybridized carbons (Fsp3) is 0.571. The lowest BCUT2D eigenvalue weighted by Crippen LogP contribution is -2.39. The van der Waals surface area contributed by atoms with Crippen molar-refractivity contribution >= 4 is 9.84 Å². The fourth-order valence-electron chi connectivity index (χ4n) is 2.80. The van der Waals surface area contributed by atoms with Crippen molar-refractivity contribution in [3.63, 3.8) is 0 Å². The summed E-state index contributed by atoms with van der Waals surface area (Å²) >= 11 is 0. The molecule has 2 aliphatic heterocycles. The van der Waals surface area contributed by atoms with E-state index in [0.717, 1.165) is 38.2 Å². The summed E-state index contributed by atoms with van der Waals surface area (Å²) in [7, 11) is -2.83. The van der Waals surface area contributed by atoms with Crippen LogP contribution in [-0.2, 0) is 22.8 Å². The van der Waals surface area contributed by atoms with E-state index in [1.807, 2.05) is 6.07 Å². The predicted molar refractivity (Wildman–Crippen MR) is 74.2 cm³/mol. The molecule has 0 radical (unpaired) electrons. The van der Waals surface area contributed by atoms with Gasteiger partial charge in [0, 0.05) is 19.0 Å². The molecule has 3 rings (SSSR count). The molecule has 1 unspecified atom stereocenters. The van der Waals surface area contributed by atoms with Crippen LogP contribution in [0.5, 0.6) is 5.75 Å². The summed E-state index contributed by atoms with van der Waals surface area (Å²) in [5, 5.41) is 3.36. The zero-order valence-electron chi connectivity index (χ0n) is 10.9. The predicted octanol–water partition coefficient (Wildman–Crippen LogP) is 1.29. The highest BCUT2D eigenvalue weighted by Gasteiger charge is 2.24. The molecule has 0 spiro atoms. The first-order valence-electron chi connectivity index (χ1n) is 6.81. The van der Waals surface area contributed by atoms with Gasteiger partial charge in [-0.15, -0.1) is 0 Å². The van der Waals surface area contributed by atoms with Crippen LogP contribution in [0.25, 0.3) is 0 Å². The van der Waals surface area contributed by atoms with Crippen molar-refractivity contribution in [2.75, 3.05) is 18.1 Å². The van der Waals surface area contributed by atoms with Crippen molar-refractivity contribution in [2.45, 2.75) is 31.8 Å². The Balaban J connectivity index is 1.60. The number of nitrogens with one attached hydrogen (secondary N) is 1. The average Bonchev–Trinajstić information content (AvgIpc) is 2.82. The molecule has 1 fully saturated rings. The van der Waals surface area contributed by atoms with E-state index in [0.29, 0.717) is 5.75 Å². The summed E-state index contributed by atoms with van der Waals surface area (Å²) in [5.74, 6) is 1.62. The topological polar surface area (TPSA) is 55.4 Å². The van der Waals surface area contributed by atoms with Gasteiger partial charge in [0.1, 0.15) is 5.75 Å². The highest BCUT2D eigenvalue weighted by atomic mass is 32.2. The molecule has 19 heavy (non-hydrogen) atoms. The average molecular weight is 281 g/mol. The molecule has 0 bridgehead atoms. The lowest BCUT2D eigenvalue weighted by atomic mass is 10.1. The largest absolute Gasteiger partial charge is 0.493 e. The van der Waals surface area contributed by atoms with Gasteiger partial charge in [0.2, 0.25) is 0 Å². The number of sulfone groups is 1. The van der Waals surface area contributed by atoms with Crippen LogP contribution >= 0.6 is 0 Å². The molecule has 0 aromatic heterocycles. The highest BCUT2D eigenvalue weighted by Crippen LogP contribution is 2.25. The van der Waals surface area contributed by atoms with E-state index in [9.17, 15) is 8.42 Å². The number of hydrogen-bond acceptors (Lipinski definition) is 4. The Morgan fingerprint density at radius 1 is 1.37 bits per heavy atom. The Kier molecular flexibility index (Phi) is 3.50. The SMILES string of the molecule is O=S1(=O)CCCC(NCc2ccc3c(c2)CCO3)C1. The van der Waals surface area contributed by atoms with Crippen LogP contribution in [0, 0.1) is 0 Å². The van der Waals surface area contributed by atoms with Crippen molar-refractivity contribution in [1.29, 1.82) is 0 Å². The van der Waals surface area contributed by atoms with Gasteiger partial charge in [-0.3, -0.25) is 0 Å². The molecule has 1 N–H and O–H groups in total. The van der Waals surface area contributed by atoms with Crippen LogP contribution < -0.4 is 10.1 Å².